The molecule has 0 saturated heterocycles. The van der Waals surface area contributed by atoms with Crippen molar-refractivity contribution in [1.82, 2.24) is 15.3 Å². The highest BCUT2D eigenvalue weighted by Gasteiger charge is 2.11. The predicted molar refractivity (Wildman–Crippen MR) is 56.2 cm³/mol. The summed E-state index contributed by atoms with van der Waals surface area (Å²) >= 11 is 0. The second kappa shape index (κ2) is 5.20. The van der Waals surface area contributed by atoms with Gasteiger partial charge in [-0.25, -0.2) is 14.8 Å². The average Bonchev–Trinajstić information content (AvgIpc) is 2.28. The lowest BCUT2D eigenvalue weighted by atomic mass is 10.2. The van der Waals surface area contributed by atoms with Crippen molar-refractivity contribution in [2.75, 3.05) is 0 Å². The molecule has 1 atom stereocenters. The second-order valence-electron chi connectivity index (χ2n) is 3.37. The van der Waals surface area contributed by atoms with Crippen LogP contribution in [0, 0.1) is 0 Å². The molecule has 1 aromatic heterocycles. The van der Waals surface area contributed by atoms with Crippen LogP contribution < -0.4 is 5.32 Å². The van der Waals surface area contributed by atoms with E-state index in [9.17, 15) is 9.59 Å². The maximum absolute atomic E-state index is 11.5. The first-order chi connectivity index (χ1) is 7.54. The monoisotopic (exact) mass is 223 g/mol. The molecule has 0 radical (unpaired) electrons. The molecule has 0 aliphatic carbocycles. The van der Waals surface area contributed by atoms with E-state index in [2.05, 4.69) is 15.3 Å². The minimum Gasteiger partial charge on any atom is -0.476 e. The first-order valence-corrected chi connectivity index (χ1v) is 4.90. The molecule has 0 bridgehead atoms. The number of rotatable bonds is 4. The van der Waals surface area contributed by atoms with Crippen LogP contribution in [0.4, 0.5) is 0 Å². The molecule has 0 saturated carbocycles. The quantitative estimate of drug-likeness (QED) is 0.784. The lowest BCUT2D eigenvalue weighted by Crippen LogP contribution is -2.32. The zero-order valence-electron chi connectivity index (χ0n) is 9.10. The lowest BCUT2D eigenvalue weighted by Gasteiger charge is -2.10. The average molecular weight is 223 g/mol. The van der Waals surface area contributed by atoms with Gasteiger partial charge in [-0.15, -0.1) is 0 Å². The topological polar surface area (TPSA) is 92.2 Å². The Balaban J connectivity index is 2.74. The molecule has 2 N–H and O–H groups in total. The third kappa shape index (κ3) is 3.01. The summed E-state index contributed by atoms with van der Waals surface area (Å²) < 4.78 is 0. The molecule has 1 aromatic rings. The number of aromatic nitrogens is 2. The fourth-order valence-corrected chi connectivity index (χ4v) is 0.956. The number of carbonyl (C=O) groups is 2. The Bertz CT molecular complexity index is 389. The van der Waals surface area contributed by atoms with Crippen LogP contribution in [-0.4, -0.2) is 33.0 Å². The number of hydrogen-bond donors (Lipinski definition) is 2. The smallest absolute Gasteiger partial charge is 0.356 e. The summed E-state index contributed by atoms with van der Waals surface area (Å²) in [5.74, 6) is -1.51. The van der Waals surface area contributed by atoms with E-state index in [1.54, 1.807) is 0 Å². The summed E-state index contributed by atoms with van der Waals surface area (Å²) in [6.45, 7) is 3.82. The maximum atomic E-state index is 11.5. The van der Waals surface area contributed by atoms with Gasteiger partial charge in [0.25, 0.3) is 5.91 Å². The SMILES string of the molecule is CCC(C)NC(=O)c1cnc(C(=O)O)cn1. The Kier molecular flexibility index (Phi) is 3.93. The summed E-state index contributed by atoms with van der Waals surface area (Å²) in [4.78, 5) is 29.4. The molecule has 6 heteroatoms. The zero-order chi connectivity index (χ0) is 12.1. The standard InChI is InChI=1S/C10H13N3O3/c1-3-6(2)13-9(14)7-4-12-8(5-11-7)10(15)16/h4-6H,3H2,1-2H3,(H,13,14)(H,15,16). The van der Waals surface area contributed by atoms with Gasteiger partial charge in [0.1, 0.15) is 5.69 Å². The van der Waals surface area contributed by atoms with E-state index >= 15 is 0 Å². The van der Waals surface area contributed by atoms with Crippen molar-refractivity contribution in [1.29, 1.82) is 0 Å². The summed E-state index contributed by atoms with van der Waals surface area (Å²) in [6, 6.07) is 0.0495. The highest BCUT2D eigenvalue weighted by molar-refractivity contribution is 5.92. The van der Waals surface area contributed by atoms with Gasteiger partial charge in [-0.2, -0.15) is 0 Å². The number of aromatic carboxylic acids is 1. The zero-order valence-corrected chi connectivity index (χ0v) is 9.10. The normalized spacial score (nSPS) is 11.9. The summed E-state index contributed by atoms with van der Waals surface area (Å²) in [7, 11) is 0. The molecular formula is C10H13N3O3. The number of nitrogens with zero attached hydrogens (tertiary/aromatic N) is 2. The number of hydrogen-bond acceptors (Lipinski definition) is 4. The van der Waals surface area contributed by atoms with Crippen LogP contribution in [0.3, 0.4) is 0 Å². The highest BCUT2D eigenvalue weighted by atomic mass is 16.4. The number of carbonyl (C=O) groups excluding carboxylic acids is 1. The molecule has 86 valence electrons. The summed E-state index contributed by atoms with van der Waals surface area (Å²) in [5.41, 5.74) is -0.0645. The van der Waals surface area contributed by atoms with Crippen molar-refractivity contribution in [2.24, 2.45) is 0 Å². The van der Waals surface area contributed by atoms with E-state index < -0.39 is 5.97 Å². The van der Waals surface area contributed by atoms with Crippen LogP contribution >= 0.6 is 0 Å². The number of carboxylic acids is 1. The minimum atomic E-state index is -1.17. The van der Waals surface area contributed by atoms with Gasteiger partial charge >= 0.3 is 5.97 Å². The van der Waals surface area contributed by atoms with Crippen LogP contribution in [0.25, 0.3) is 0 Å². The Labute approximate surface area is 92.7 Å². The molecule has 0 aliphatic heterocycles. The van der Waals surface area contributed by atoms with Gasteiger partial charge in [-0.05, 0) is 13.3 Å². The predicted octanol–water partition coefficient (Wildman–Crippen LogP) is 0.703. The van der Waals surface area contributed by atoms with E-state index in [1.165, 1.54) is 0 Å². The minimum absolute atomic E-state index is 0.0495. The Morgan fingerprint density at radius 2 is 1.94 bits per heavy atom. The van der Waals surface area contributed by atoms with Crippen LogP contribution in [-0.2, 0) is 0 Å². The highest BCUT2D eigenvalue weighted by Crippen LogP contribution is 1.97. The Morgan fingerprint density at radius 1 is 1.38 bits per heavy atom. The van der Waals surface area contributed by atoms with Gasteiger partial charge in [0.05, 0.1) is 12.4 Å². The molecule has 16 heavy (non-hydrogen) atoms. The number of amides is 1. The van der Waals surface area contributed by atoms with Crippen molar-refractivity contribution in [3.05, 3.63) is 23.8 Å². The third-order valence-corrected chi connectivity index (χ3v) is 2.09. The first-order valence-electron chi connectivity index (χ1n) is 4.90. The van der Waals surface area contributed by atoms with Gasteiger partial charge < -0.3 is 10.4 Å². The van der Waals surface area contributed by atoms with Gasteiger partial charge in [-0.3, -0.25) is 4.79 Å². The van der Waals surface area contributed by atoms with E-state index in [0.717, 1.165) is 18.8 Å². The van der Waals surface area contributed by atoms with E-state index in [1.807, 2.05) is 13.8 Å². The van der Waals surface area contributed by atoms with Crippen molar-refractivity contribution in [2.45, 2.75) is 26.3 Å². The number of carboxylic acid groups (broad SMARTS) is 1. The van der Waals surface area contributed by atoms with E-state index in [-0.39, 0.29) is 23.3 Å². The van der Waals surface area contributed by atoms with E-state index in [4.69, 9.17) is 5.11 Å². The molecule has 0 fully saturated rings. The van der Waals surface area contributed by atoms with Gasteiger partial charge in [0, 0.05) is 6.04 Å². The van der Waals surface area contributed by atoms with Crippen LogP contribution in [0.5, 0.6) is 0 Å². The molecule has 0 aliphatic rings. The molecule has 0 aromatic carbocycles. The Hall–Kier alpha value is -1.98. The number of nitrogens with one attached hydrogen (secondary N) is 1. The van der Waals surface area contributed by atoms with Gasteiger partial charge in [0.2, 0.25) is 0 Å². The van der Waals surface area contributed by atoms with Crippen LogP contribution in [0.1, 0.15) is 41.2 Å². The lowest BCUT2D eigenvalue weighted by molar-refractivity contribution is 0.0689. The molecule has 1 amide bonds. The fraction of sp³-hybridized carbons (Fsp3) is 0.400. The first kappa shape index (κ1) is 12.1. The molecular weight excluding hydrogens is 210 g/mol. The van der Waals surface area contributed by atoms with Gasteiger partial charge in [0.15, 0.2) is 5.69 Å². The summed E-state index contributed by atoms with van der Waals surface area (Å²) in [6.07, 6.45) is 3.03. The second-order valence-corrected chi connectivity index (χ2v) is 3.37. The van der Waals surface area contributed by atoms with Crippen LogP contribution in [0.2, 0.25) is 0 Å². The van der Waals surface area contributed by atoms with E-state index in [0.29, 0.717) is 0 Å². The van der Waals surface area contributed by atoms with Crippen molar-refractivity contribution in [3.63, 3.8) is 0 Å². The molecule has 0 spiro atoms. The molecule has 1 unspecified atom stereocenters. The maximum Gasteiger partial charge on any atom is 0.356 e. The fourth-order valence-electron chi connectivity index (χ4n) is 0.956. The van der Waals surface area contributed by atoms with Gasteiger partial charge in [-0.1, -0.05) is 6.92 Å². The van der Waals surface area contributed by atoms with Crippen molar-refractivity contribution >= 4 is 11.9 Å². The third-order valence-electron chi connectivity index (χ3n) is 2.09. The van der Waals surface area contributed by atoms with Crippen molar-refractivity contribution < 1.29 is 14.7 Å². The summed E-state index contributed by atoms with van der Waals surface area (Å²) in [5, 5.41) is 11.3. The largest absolute Gasteiger partial charge is 0.476 e. The van der Waals surface area contributed by atoms with Crippen LogP contribution in [0.15, 0.2) is 12.4 Å². The molecule has 6 nitrogen and oxygen atoms in total. The molecule has 1 rings (SSSR count). The molecule has 1 heterocycles. The Morgan fingerprint density at radius 3 is 2.38 bits per heavy atom. The van der Waals surface area contributed by atoms with Crippen molar-refractivity contribution in [3.8, 4) is 0 Å².